The predicted octanol–water partition coefficient (Wildman–Crippen LogP) is 0.499. The van der Waals surface area contributed by atoms with Gasteiger partial charge in [0, 0.05) is 0 Å². The summed E-state index contributed by atoms with van der Waals surface area (Å²) in [5.41, 5.74) is 0.683. The molecule has 0 aliphatic rings. The average Bonchev–Trinajstić information content (AvgIpc) is 1.81. The van der Waals surface area contributed by atoms with Crippen molar-refractivity contribution in [1.29, 1.82) is 0 Å². The summed E-state index contributed by atoms with van der Waals surface area (Å²) in [7, 11) is 0. The van der Waals surface area contributed by atoms with Crippen LogP contribution in [0.2, 0.25) is 0 Å². The normalized spacial score (nSPS) is 7.12. The molecule has 0 amide bonds. The van der Waals surface area contributed by atoms with Crippen LogP contribution in [0.1, 0.15) is 6.92 Å². The summed E-state index contributed by atoms with van der Waals surface area (Å²) < 4.78 is 0. The van der Waals surface area contributed by atoms with Crippen LogP contribution in [0.25, 0.3) is 0 Å². The van der Waals surface area contributed by atoms with E-state index in [0.717, 1.165) is 0 Å². The van der Waals surface area contributed by atoms with Crippen LogP contribution in [0.5, 0.6) is 0 Å². The molecule has 0 fully saturated rings. The van der Waals surface area contributed by atoms with E-state index in [4.69, 9.17) is 0 Å². The Balaban J connectivity index is 3.31. The lowest BCUT2D eigenvalue weighted by Crippen LogP contribution is -1.74. The van der Waals surface area contributed by atoms with Gasteiger partial charge in [-0.05, 0) is 12.1 Å². The summed E-state index contributed by atoms with van der Waals surface area (Å²) in [6, 6.07) is 0. The fraction of sp³-hybridized carbons (Fsp3) is 0.500. The van der Waals surface area contributed by atoms with E-state index in [1.165, 1.54) is 0 Å². The van der Waals surface area contributed by atoms with Crippen LogP contribution in [-0.2, 0) is 9.63 Å². The zero-order valence-electron chi connectivity index (χ0n) is 4.50. The van der Waals surface area contributed by atoms with E-state index in [2.05, 4.69) is 15.2 Å². The number of carbonyl (C=O) groups is 1. The highest BCUT2D eigenvalue weighted by atomic mass is 32.1. The van der Waals surface area contributed by atoms with Crippen molar-refractivity contribution in [3.63, 3.8) is 0 Å². The van der Waals surface area contributed by atoms with Crippen LogP contribution in [0.3, 0.4) is 0 Å². The second-order valence-electron chi connectivity index (χ2n) is 0.844. The van der Waals surface area contributed by atoms with E-state index in [0.29, 0.717) is 23.6 Å². The van der Waals surface area contributed by atoms with E-state index in [1.54, 1.807) is 0 Å². The van der Waals surface area contributed by atoms with Gasteiger partial charge in [-0.2, -0.15) is 0 Å². The maximum Gasteiger partial charge on any atom is 0.176 e. The molecule has 0 radical (unpaired) electrons. The lowest BCUT2D eigenvalue weighted by molar-refractivity contribution is 0.161. The van der Waals surface area contributed by atoms with Gasteiger partial charge in [0.05, 0.1) is 5.16 Å². The van der Waals surface area contributed by atoms with Gasteiger partial charge in [-0.3, -0.25) is 4.79 Å². The number of hydrogen-bond acceptors (Lipinski definition) is 3. The SMILES string of the molecule is CCON=C=[SH]C=O. The highest BCUT2D eigenvalue weighted by Crippen LogP contribution is 1.72. The van der Waals surface area contributed by atoms with Crippen LogP contribution < -0.4 is 0 Å². The smallest absolute Gasteiger partial charge is 0.176 e. The lowest BCUT2D eigenvalue weighted by Gasteiger charge is -1.81. The van der Waals surface area contributed by atoms with E-state index < -0.39 is 0 Å². The number of rotatable bonds is 3. The molecule has 0 unspecified atom stereocenters. The lowest BCUT2D eigenvalue weighted by atomic mass is 10.9. The fourth-order valence-corrected chi connectivity index (χ4v) is 0.293. The Hall–Kier alpha value is -0.600. The molecule has 0 bridgehead atoms. The first-order chi connectivity index (χ1) is 3.91. The second kappa shape index (κ2) is 6.40. The first-order valence-electron chi connectivity index (χ1n) is 2.12. The molecule has 8 heavy (non-hydrogen) atoms. The van der Waals surface area contributed by atoms with Gasteiger partial charge in [0.15, 0.2) is 5.62 Å². The third-order valence-electron chi connectivity index (χ3n) is 0.345. The minimum atomic E-state index is 0.414. The molecule has 0 spiro atoms. The summed E-state index contributed by atoms with van der Waals surface area (Å²) in [6.07, 6.45) is 0. The first-order valence-corrected chi connectivity index (χ1v) is 3.08. The minimum absolute atomic E-state index is 0.414. The maximum atomic E-state index is 9.58. The number of carbonyl (C=O) groups excluding carboxylic acids is 1. The second-order valence-corrected chi connectivity index (χ2v) is 1.51. The highest BCUT2D eigenvalue weighted by molar-refractivity contribution is 8.09. The molecule has 0 aliphatic carbocycles. The molecule has 0 heterocycles. The Bertz CT molecular complexity index is 117. The van der Waals surface area contributed by atoms with Crippen molar-refractivity contribution >= 4 is 22.1 Å². The van der Waals surface area contributed by atoms with Gasteiger partial charge in [-0.15, -0.1) is 0 Å². The molecule has 0 rings (SSSR count). The quantitative estimate of drug-likeness (QED) is 0.200. The van der Waals surface area contributed by atoms with Gasteiger partial charge in [0.2, 0.25) is 0 Å². The maximum absolute atomic E-state index is 9.58. The van der Waals surface area contributed by atoms with Crippen molar-refractivity contribution < 1.29 is 9.63 Å². The standard InChI is InChI=1S/C4H7NO2S/c1-2-7-5-3-8-4-6/h4,8H,2H2,1H3. The molecular formula is C4H7NO2S. The van der Waals surface area contributed by atoms with Crippen molar-refractivity contribution in [3.8, 4) is 0 Å². The summed E-state index contributed by atoms with van der Waals surface area (Å²) in [5.74, 6) is 0. The fourth-order valence-electron chi connectivity index (χ4n) is 0.141. The van der Waals surface area contributed by atoms with Gasteiger partial charge >= 0.3 is 0 Å². The van der Waals surface area contributed by atoms with E-state index in [9.17, 15) is 4.79 Å². The van der Waals surface area contributed by atoms with Crippen LogP contribution in [0.15, 0.2) is 5.16 Å². The van der Waals surface area contributed by atoms with Crippen LogP contribution in [-0.4, -0.2) is 17.4 Å². The summed E-state index contributed by atoms with van der Waals surface area (Å²) in [6.45, 7) is 2.32. The molecule has 0 atom stereocenters. The number of hydrogen-bond donors (Lipinski definition) is 1. The van der Waals surface area contributed by atoms with Crippen LogP contribution >= 0.6 is 11.4 Å². The summed E-state index contributed by atoms with van der Waals surface area (Å²) in [4.78, 5) is 14.1. The average molecular weight is 133 g/mol. The molecular weight excluding hydrogens is 126 g/mol. The van der Waals surface area contributed by atoms with Gasteiger partial charge in [0.25, 0.3) is 0 Å². The largest absolute Gasteiger partial charge is 0.389 e. The Morgan fingerprint density at radius 3 is 3.25 bits per heavy atom. The summed E-state index contributed by atoms with van der Waals surface area (Å²) >= 11 is 0.414. The van der Waals surface area contributed by atoms with Crippen molar-refractivity contribution in [2.45, 2.75) is 6.92 Å². The van der Waals surface area contributed by atoms with Gasteiger partial charge in [-0.1, -0.05) is 11.4 Å². The number of thiol groups is 1. The third kappa shape index (κ3) is 5.40. The zero-order valence-corrected chi connectivity index (χ0v) is 5.39. The highest BCUT2D eigenvalue weighted by Gasteiger charge is 1.62. The van der Waals surface area contributed by atoms with E-state index >= 15 is 0 Å². The molecule has 0 aromatic carbocycles. The van der Waals surface area contributed by atoms with Crippen molar-refractivity contribution in [3.05, 3.63) is 0 Å². The monoisotopic (exact) mass is 133 g/mol. The molecule has 0 saturated heterocycles. The molecule has 3 nitrogen and oxygen atoms in total. The Morgan fingerprint density at radius 2 is 2.75 bits per heavy atom. The van der Waals surface area contributed by atoms with Crippen LogP contribution in [0, 0.1) is 0 Å². The van der Waals surface area contributed by atoms with Gasteiger partial charge in [0.1, 0.15) is 6.61 Å². The molecule has 0 aliphatic heterocycles. The molecule has 0 aromatic heterocycles. The number of isothiocyanates is 1. The zero-order chi connectivity index (χ0) is 6.24. The van der Waals surface area contributed by atoms with Crippen molar-refractivity contribution in [1.82, 2.24) is 0 Å². The topological polar surface area (TPSA) is 38.7 Å². The van der Waals surface area contributed by atoms with E-state index in [-0.39, 0.29) is 0 Å². The Labute approximate surface area is 51.3 Å². The van der Waals surface area contributed by atoms with Crippen molar-refractivity contribution in [2.24, 2.45) is 5.16 Å². The van der Waals surface area contributed by atoms with Gasteiger partial charge in [-0.25, -0.2) is 0 Å². The third-order valence-corrected chi connectivity index (χ3v) is 0.647. The Morgan fingerprint density at radius 1 is 2.00 bits per heavy atom. The Kier molecular flexibility index (Phi) is 5.92. The molecule has 0 aromatic rings. The summed E-state index contributed by atoms with van der Waals surface area (Å²) in [5, 5.41) is 5.63. The van der Waals surface area contributed by atoms with Crippen molar-refractivity contribution in [2.75, 3.05) is 6.61 Å². The molecule has 46 valence electrons. The number of nitrogens with zero attached hydrogens (tertiary/aromatic N) is 1. The minimum Gasteiger partial charge on any atom is -0.389 e. The van der Waals surface area contributed by atoms with Gasteiger partial charge < -0.3 is 4.84 Å². The predicted molar refractivity (Wildman–Crippen MR) is 34.8 cm³/mol. The molecule has 0 N–H and O–H groups in total. The molecule has 0 saturated carbocycles. The first kappa shape index (κ1) is 7.40. The van der Waals surface area contributed by atoms with E-state index in [1.807, 2.05) is 6.92 Å². The molecule has 4 heteroatoms. The van der Waals surface area contributed by atoms with Crippen LogP contribution in [0.4, 0.5) is 0 Å².